The van der Waals surface area contributed by atoms with Gasteiger partial charge in [0.15, 0.2) is 0 Å². The van der Waals surface area contributed by atoms with E-state index in [1.54, 1.807) is 22.7 Å². The Balaban J connectivity index is 1.88. The van der Waals surface area contributed by atoms with Crippen molar-refractivity contribution in [3.05, 3.63) is 39.3 Å². The van der Waals surface area contributed by atoms with Crippen molar-refractivity contribution in [1.82, 2.24) is 9.55 Å². The first-order valence-corrected chi connectivity index (χ1v) is 10.1. The summed E-state index contributed by atoms with van der Waals surface area (Å²) in [5.74, 6) is -0.281. The zero-order chi connectivity index (χ0) is 17.7. The first kappa shape index (κ1) is 16.5. The van der Waals surface area contributed by atoms with Crippen molar-refractivity contribution in [2.24, 2.45) is 0 Å². The molecule has 1 aliphatic carbocycles. The number of aromatic nitrogens is 2. The largest absolute Gasteiger partial charge is 0.465 e. The minimum Gasteiger partial charge on any atom is -0.465 e. The summed E-state index contributed by atoms with van der Waals surface area (Å²) in [6, 6.07) is 2.62. The van der Waals surface area contributed by atoms with Crippen LogP contribution in [0.1, 0.15) is 46.2 Å². The molecule has 0 radical (unpaired) electrons. The molecule has 0 bridgehead atoms. The summed E-state index contributed by atoms with van der Waals surface area (Å²) in [6.45, 7) is 6.20. The number of hydrogen-bond donors (Lipinski definition) is 0. The Bertz CT molecular complexity index is 960. The number of rotatable bonds is 4. The van der Waals surface area contributed by atoms with Crippen LogP contribution in [0.15, 0.2) is 16.8 Å². The summed E-state index contributed by atoms with van der Waals surface area (Å²) in [7, 11) is 1.44. The fourth-order valence-electron chi connectivity index (χ4n) is 3.48. The van der Waals surface area contributed by atoms with E-state index in [0.717, 1.165) is 27.7 Å². The molecule has 25 heavy (non-hydrogen) atoms. The molecule has 1 aliphatic rings. The SMILES string of the molecule is COC(=O)c1c(-c2csc(-c3sccc3C)n2)c(C)n(C2CC2)c1C. The Kier molecular flexibility index (Phi) is 4.04. The van der Waals surface area contributed by atoms with Gasteiger partial charge in [-0.25, -0.2) is 9.78 Å². The summed E-state index contributed by atoms with van der Waals surface area (Å²) in [5.41, 5.74) is 5.79. The molecule has 3 aromatic heterocycles. The summed E-state index contributed by atoms with van der Waals surface area (Å²) in [6.07, 6.45) is 2.35. The lowest BCUT2D eigenvalue weighted by molar-refractivity contribution is 0.0600. The molecule has 6 heteroatoms. The number of esters is 1. The molecule has 0 N–H and O–H groups in total. The van der Waals surface area contributed by atoms with Gasteiger partial charge >= 0.3 is 5.97 Å². The lowest BCUT2D eigenvalue weighted by Gasteiger charge is -2.06. The molecule has 0 unspecified atom stereocenters. The highest BCUT2D eigenvalue weighted by molar-refractivity contribution is 7.20. The number of methoxy groups -OCH3 is 1. The highest BCUT2D eigenvalue weighted by atomic mass is 32.1. The second-order valence-corrected chi connectivity index (χ2v) is 8.26. The number of thiazole rings is 1. The number of ether oxygens (including phenoxy) is 1. The van der Waals surface area contributed by atoms with Crippen LogP contribution in [0.4, 0.5) is 0 Å². The molecule has 0 aliphatic heterocycles. The van der Waals surface area contributed by atoms with Crippen LogP contribution in [-0.4, -0.2) is 22.6 Å². The molecule has 4 rings (SSSR count). The van der Waals surface area contributed by atoms with Gasteiger partial charge in [0, 0.05) is 28.4 Å². The van der Waals surface area contributed by atoms with Crippen LogP contribution in [0.5, 0.6) is 0 Å². The summed E-state index contributed by atoms with van der Waals surface area (Å²) in [4.78, 5) is 18.5. The van der Waals surface area contributed by atoms with E-state index in [-0.39, 0.29) is 5.97 Å². The maximum Gasteiger partial charge on any atom is 0.340 e. The van der Waals surface area contributed by atoms with Crippen molar-refractivity contribution in [2.45, 2.75) is 39.7 Å². The molecule has 4 nitrogen and oxygen atoms in total. The van der Waals surface area contributed by atoms with Crippen molar-refractivity contribution >= 4 is 28.6 Å². The fraction of sp³-hybridized carbons (Fsp3) is 0.368. The molecule has 3 aromatic rings. The third-order valence-electron chi connectivity index (χ3n) is 4.81. The van der Waals surface area contributed by atoms with Gasteiger partial charge in [0.05, 0.1) is 23.2 Å². The predicted molar refractivity (Wildman–Crippen MR) is 103 cm³/mol. The minimum absolute atomic E-state index is 0.281. The van der Waals surface area contributed by atoms with E-state index in [1.165, 1.54) is 30.4 Å². The van der Waals surface area contributed by atoms with Crippen LogP contribution in [0.3, 0.4) is 0 Å². The van der Waals surface area contributed by atoms with Gasteiger partial charge in [0.2, 0.25) is 0 Å². The number of hydrogen-bond acceptors (Lipinski definition) is 5. The summed E-state index contributed by atoms with van der Waals surface area (Å²) < 4.78 is 7.36. The minimum atomic E-state index is -0.281. The summed E-state index contributed by atoms with van der Waals surface area (Å²) in [5, 5.41) is 5.15. The van der Waals surface area contributed by atoms with E-state index in [4.69, 9.17) is 9.72 Å². The number of carbonyl (C=O) groups is 1. The highest BCUT2D eigenvalue weighted by Crippen LogP contribution is 2.44. The quantitative estimate of drug-likeness (QED) is 0.577. The van der Waals surface area contributed by atoms with E-state index in [9.17, 15) is 4.79 Å². The molecule has 1 fully saturated rings. The number of nitrogens with zero attached hydrogens (tertiary/aromatic N) is 2. The molecule has 0 amide bonds. The van der Waals surface area contributed by atoms with Gasteiger partial charge < -0.3 is 9.30 Å². The Labute approximate surface area is 155 Å². The monoisotopic (exact) mass is 372 g/mol. The maximum atomic E-state index is 12.5. The second-order valence-electron chi connectivity index (χ2n) is 6.48. The molecule has 130 valence electrons. The Morgan fingerprint density at radius 2 is 2.00 bits per heavy atom. The predicted octanol–water partition coefficient (Wildman–Crippen LogP) is 5.39. The molecule has 3 heterocycles. The van der Waals surface area contributed by atoms with Crippen LogP contribution in [-0.2, 0) is 4.74 Å². The number of carbonyl (C=O) groups excluding carboxylic acids is 1. The molecule has 0 atom stereocenters. The first-order chi connectivity index (χ1) is 12.0. The van der Waals surface area contributed by atoms with E-state index >= 15 is 0 Å². The zero-order valence-electron chi connectivity index (χ0n) is 14.8. The molecular formula is C19H20N2O2S2. The normalized spacial score (nSPS) is 14.1. The number of thiophene rings is 1. The molecule has 0 saturated heterocycles. The maximum absolute atomic E-state index is 12.5. The Morgan fingerprint density at radius 1 is 1.24 bits per heavy atom. The van der Waals surface area contributed by atoms with Crippen LogP contribution in [0.25, 0.3) is 21.1 Å². The van der Waals surface area contributed by atoms with Crippen molar-refractivity contribution in [2.75, 3.05) is 7.11 Å². The first-order valence-electron chi connectivity index (χ1n) is 8.33. The average Bonchev–Trinajstić information content (AvgIpc) is 3.03. The van der Waals surface area contributed by atoms with Crippen molar-refractivity contribution < 1.29 is 9.53 Å². The van der Waals surface area contributed by atoms with Crippen LogP contribution in [0, 0.1) is 20.8 Å². The lowest BCUT2D eigenvalue weighted by atomic mass is 10.1. The summed E-state index contributed by atoms with van der Waals surface area (Å²) >= 11 is 3.33. The van der Waals surface area contributed by atoms with Gasteiger partial charge in [-0.05, 0) is 50.6 Å². The third kappa shape index (κ3) is 2.64. The standard InChI is InChI=1S/C19H20N2O2S2/c1-10-7-8-24-17(10)18-20-14(9-25-18)15-11(2)21(13-5-6-13)12(3)16(15)19(22)23-4/h7-9,13H,5-6H2,1-4H3. The van der Waals surface area contributed by atoms with E-state index in [0.29, 0.717) is 11.6 Å². The number of aryl methyl sites for hydroxylation is 1. The van der Waals surface area contributed by atoms with Gasteiger partial charge in [-0.15, -0.1) is 22.7 Å². The smallest absolute Gasteiger partial charge is 0.340 e. The van der Waals surface area contributed by atoms with Gasteiger partial charge in [-0.2, -0.15) is 0 Å². The lowest BCUT2D eigenvalue weighted by Crippen LogP contribution is -2.05. The Morgan fingerprint density at radius 3 is 2.60 bits per heavy atom. The average molecular weight is 373 g/mol. The van der Waals surface area contributed by atoms with Crippen LogP contribution >= 0.6 is 22.7 Å². The molecule has 1 saturated carbocycles. The van der Waals surface area contributed by atoms with Crippen LogP contribution in [0.2, 0.25) is 0 Å². The topological polar surface area (TPSA) is 44.1 Å². The van der Waals surface area contributed by atoms with Gasteiger partial charge in [0.1, 0.15) is 5.01 Å². The third-order valence-corrected chi connectivity index (χ3v) is 6.83. The van der Waals surface area contributed by atoms with Crippen molar-refractivity contribution in [3.8, 4) is 21.1 Å². The highest BCUT2D eigenvalue weighted by Gasteiger charge is 2.33. The van der Waals surface area contributed by atoms with Gasteiger partial charge in [-0.3, -0.25) is 0 Å². The zero-order valence-corrected chi connectivity index (χ0v) is 16.4. The van der Waals surface area contributed by atoms with Gasteiger partial charge in [0.25, 0.3) is 0 Å². The van der Waals surface area contributed by atoms with Crippen molar-refractivity contribution in [3.63, 3.8) is 0 Å². The second kappa shape index (κ2) is 6.11. The van der Waals surface area contributed by atoms with Gasteiger partial charge in [-0.1, -0.05) is 0 Å². The van der Waals surface area contributed by atoms with E-state index in [1.807, 2.05) is 6.92 Å². The fourth-order valence-corrected chi connectivity index (χ4v) is 5.39. The molecule has 0 aromatic carbocycles. The van der Waals surface area contributed by atoms with E-state index < -0.39 is 0 Å². The van der Waals surface area contributed by atoms with Crippen molar-refractivity contribution in [1.29, 1.82) is 0 Å². The Hall–Kier alpha value is -1.92. The van der Waals surface area contributed by atoms with E-state index in [2.05, 4.69) is 35.2 Å². The molecule has 0 spiro atoms. The molecular weight excluding hydrogens is 352 g/mol. The van der Waals surface area contributed by atoms with Crippen LogP contribution < -0.4 is 0 Å².